The molecular formula is C16H15ClN2O4. The van der Waals surface area contributed by atoms with Crippen LogP contribution in [0, 0.1) is 0 Å². The molecule has 0 atom stereocenters. The number of hydrazone groups is 1. The van der Waals surface area contributed by atoms with E-state index in [1.807, 2.05) is 0 Å². The smallest absolute Gasteiger partial charge is 0.271 e. The van der Waals surface area contributed by atoms with Crippen LogP contribution in [0.5, 0.6) is 17.2 Å². The van der Waals surface area contributed by atoms with Crippen molar-refractivity contribution in [1.29, 1.82) is 0 Å². The number of amides is 1. The SMILES string of the molecule is COc1cc(Cl)c(/C=N/NC(=O)c2ccc(O)cc2)cc1OC. The summed E-state index contributed by atoms with van der Waals surface area (Å²) in [5, 5.41) is 13.5. The lowest BCUT2D eigenvalue weighted by Gasteiger charge is -2.09. The first-order chi connectivity index (χ1) is 11.0. The molecule has 0 aliphatic rings. The van der Waals surface area contributed by atoms with Gasteiger partial charge in [-0.05, 0) is 30.3 Å². The van der Waals surface area contributed by atoms with E-state index in [1.54, 1.807) is 12.1 Å². The Morgan fingerprint density at radius 1 is 1.17 bits per heavy atom. The maximum Gasteiger partial charge on any atom is 0.271 e. The lowest BCUT2D eigenvalue weighted by Crippen LogP contribution is -2.17. The van der Waals surface area contributed by atoms with Gasteiger partial charge in [-0.25, -0.2) is 5.43 Å². The van der Waals surface area contributed by atoms with Crippen LogP contribution in [-0.2, 0) is 0 Å². The largest absolute Gasteiger partial charge is 0.508 e. The van der Waals surface area contributed by atoms with Gasteiger partial charge < -0.3 is 14.6 Å². The number of ether oxygens (including phenoxy) is 2. The highest BCUT2D eigenvalue weighted by Crippen LogP contribution is 2.32. The number of hydrogen-bond donors (Lipinski definition) is 2. The van der Waals surface area contributed by atoms with E-state index >= 15 is 0 Å². The summed E-state index contributed by atoms with van der Waals surface area (Å²) in [5.74, 6) is 0.686. The number of carbonyl (C=O) groups excluding carboxylic acids is 1. The summed E-state index contributed by atoms with van der Waals surface area (Å²) in [5.41, 5.74) is 3.32. The summed E-state index contributed by atoms with van der Waals surface area (Å²) >= 11 is 6.12. The molecule has 0 aromatic heterocycles. The molecule has 6 nitrogen and oxygen atoms in total. The van der Waals surface area contributed by atoms with Crippen LogP contribution < -0.4 is 14.9 Å². The topological polar surface area (TPSA) is 80.2 Å². The van der Waals surface area contributed by atoms with Gasteiger partial charge in [-0.1, -0.05) is 11.6 Å². The lowest BCUT2D eigenvalue weighted by molar-refractivity contribution is 0.0955. The standard InChI is InChI=1S/C16H15ClN2O4/c1-22-14-7-11(13(17)8-15(14)23-2)9-18-19-16(21)10-3-5-12(20)6-4-10/h3-9,20H,1-2H3,(H,19,21)/b18-9+. The molecule has 2 aromatic carbocycles. The Balaban J connectivity index is 2.11. The van der Waals surface area contributed by atoms with Crippen molar-refractivity contribution in [3.63, 3.8) is 0 Å². The Kier molecular flexibility index (Phi) is 5.43. The Morgan fingerprint density at radius 2 is 1.78 bits per heavy atom. The highest BCUT2D eigenvalue weighted by Gasteiger charge is 2.09. The number of phenols is 1. The fourth-order valence-electron chi connectivity index (χ4n) is 1.81. The molecule has 0 aliphatic heterocycles. The molecule has 2 N–H and O–H groups in total. The molecule has 0 heterocycles. The second-order valence-corrected chi connectivity index (χ2v) is 4.88. The quantitative estimate of drug-likeness (QED) is 0.651. The van der Waals surface area contributed by atoms with E-state index < -0.39 is 5.91 Å². The van der Waals surface area contributed by atoms with E-state index in [0.717, 1.165) is 0 Å². The third-order valence-corrected chi connectivity index (χ3v) is 3.33. The van der Waals surface area contributed by atoms with Crippen molar-refractivity contribution in [2.45, 2.75) is 0 Å². The molecule has 0 saturated heterocycles. The van der Waals surface area contributed by atoms with Crippen LogP contribution in [0.25, 0.3) is 0 Å². The van der Waals surface area contributed by atoms with E-state index in [4.69, 9.17) is 21.1 Å². The first-order valence-corrected chi connectivity index (χ1v) is 6.97. The normalized spacial score (nSPS) is 10.6. The Bertz CT molecular complexity index is 730. The fourth-order valence-corrected chi connectivity index (χ4v) is 2.01. The van der Waals surface area contributed by atoms with Gasteiger partial charge in [0.05, 0.1) is 25.5 Å². The number of nitrogens with zero attached hydrogens (tertiary/aromatic N) is 1. The van der Waals surface area contributed by atoms with Crippen LogP contribution in [0.2, 0.25) is 5.02 Å². The van der Waals surface area contributed by atoms with Gasteiger partial charge in [0.25, 0.3) is 5.91 Å². The van der Waals surface area contributed by atoms with Crippen molar-refractivity contribution in [2.75, 3.05) is 14.2 Å². The third kappa shape index (κ3) is 4.14. The molecule has 23 heavy (non-hydrogen) atoms. The Labute approximate surface area is 138 Å². The summed E-state index contributed by atoms with van der Waals surface area (Å²) in [6.45, 7) is 0. The molecule has 2 aromatic rings. The number of hydrogen-bond acceptors (Lipinski definition) is 5. The van der Waals surface area contributed by atoms with Gasteiger partial charge >= 0.3 is 0 Å². The van der Waals surface area contributed by atoms with Gasteiger partial charge in [0.15, 0.2) is 11.5 Å². The maximum absolute atomic E-state index is 11.9. The minimum atomic E-state index is -0.405. The van der Waals surface area contributed by atoms with Crippen molar-refractivity contribution in [3.05, 3.63) is 52.5 Å². The van der Waals surface area contributed by atoms with E-state index in [-0.39, 0.29) is 5.75 Å². The highest BCUT2D eigenvalue weighted by atomic mass is 35.5. The number of carbonyl (C=O) groups is 1. The van der Waals surface area contributed by atoms with Gasteiger partial charge in [-0.2, -0.15) is 5.10 Å². The molecule has 0 fully saturated rings. The van der Waals surface area contributed by atoms with Gasteiger partial charge in [0.2, 0.25) is 0 Å². The molecule has 7 heteroatoms. The molecule has 0 aliphatic carbocycles. The Morgan fingerprint density at radius 3 is 2.39 bits per heavy atom. The average molecular weight is 335 g/mol. The second kappa shape index (κ2) is 7.51. The Hall–Kier alpha value is -2.73. The van der Waals surface area contributed by atoms with Gasteiger partial charge in [0, 0.05) is 17.2 Å². The number of rotatable bonds is 5. The number of aromatic hydroxyl groups is 1. The van der Waals surface area contributed by atoms with Crippen LogP contribution in [-0.4, -0.2) is 31.4 Å². The summed E-state index contributed by atoms with van der Waals surface area (Å²) in [6, 6.07) is 9.07. The van der Waals surface area contributed by atoms with Crippen molar-refractivity contribution >= 4 is 23.7 Å². The number of phenolic OH excluding ortho intramolecular Hbond substituents is 1. The molecule has 0 bridgehead atoms. The number of methoxy groups -OCH3 is 2. The summed E-state index contributed by atoms with van der Waals surface area (Å²) in [7, 11) is 3.03. The highest BCUT2D eigenvalue weighted by molar-refractivity contribution is 6.33. The summed E-state index contributed by atoms with van der Waals surface area (Å²) < 4.78 is 10.3. The molecule has 2 rings (SSSR count). The van der Waals surface area contributed by atoms with Gasteiger partial charge in [0.1, 0.15) is 5.75 Å². The van der Waals surface area contributed by atoms with Crippen LogP contribution in [0.3, 0.4) is 0 Å². The van der Waals surface area contributed by atoms with Crippen LogP contribution in [0.1, 0.15) is 15.9 Å². The zero-order valence-electron chi connectivity index (χ0n) is 12.5. The van der Waals surface area contributed by atoms with Crippen LogP contribution in [0.4, 0.5) is 0 Å². The van der Waals surface area contributed by atoms with E-state index in [1.165, 1.54) is 44.7 Å². The number of nitrogens with one attached hydrogen (secondary N) is 1. The zero-order valence-corrected chi connectivity index (χ0v) is 13.3. The molecule has 0 radical (unpaired) electrons. The van der Waals surface area contributed by atoms with Crippen molar-refractivity contribution in [3.8, 4) is 17.2 Å². The van der Waals surface area contributed by atoms with Crippen molar-refractivity contribution in [2.24, 2.45) is 5.10 Å². The van der Waals surface area contributed by atoms with Crippen LogP contribution >= 0.6 is 11.6 Å². The predicted molar refractivity (Wildman–Crippen MR) is 87.7 cm³/mol. The molecule has 1 amide bonds. The fraction of sp³-hybridized carbons (Fsp3) is 0.125. The molecule has 120 valence electrons. The summed E-state index contributed by atoms with van der Waals surface area (Å²) in [6.07, 6.45) is 1.41. The summed E-state index contributed by atoms with van der Waals surface area (Å²) in [4.78, 5) is 11.9. The van der Waals surface area contributed by atoms with E-state index in [9.17, 15) is 9.90 Å². The second-order valence-electron chi connectivity index (χ2n) is 4.47. The van der Waals surface area contributed by atoms with Gasteiger partial charge in [-0.3, -0.25) is 4.79 Å². The van der Waals surface area contributed by atoms with Crippen LogP contribution in [0.15, 0.2) is 41.5 Å². The monoisotopic (exact) mass is 334 g/mol. The first kappa shape index (κ1) is 16.6. The molecule has 0 saturated carbocycles. The maximum atomic E-state index is 11.9. The zero-order chi connectivity index (χ0) is 16.8. The van der Waals surface area contributed by atoms with Crippen molar-refractivity contribution in [1.82, 2.24) is 5.43 Å². The minimum Gasteiger partial charge on any atom is -0.508 e. The van der Waals surface area contributed by atoms with Gasteiger partial charge in [-0.15, -0.1) is 0 Å². The van der Waals surface area contributed by atoms with E-state index in [2.05, 4.69) is 10.5 Å². The average Bonchev–Trinajstić information content (AvgIpc) is 2.56. The minimum absolute atomic E-state index is 0.0853. The lowest BCUT2D eigenvalue weighted by atomic mass is 10.2. The predicted octanol–water partition coefficient (Wildman–Crippen LogP) is 2.83. The molecule has 0 spiro atoms. The number of halogens is 1. The number of benzene rings is 2. The third-order valence-electron chi connectivity index (χ3n) is 3.00. The van der Waals surface area contributed by atoms with E-state index in [0.29, 0.717) is 27.6 Å². The first-order valence-electron chi connectivity index (χ1n) is 6.59. The molecule has 0 unspecified atom stereocenters. The van der Waals surface area contributed by atoms with Crippen molar-refractivity contribution < 1.29 is 19.4 Å². The molecular weight excluding hydrogens is 320 g/mol.